The highest BCUT2D eigenvalue weighted by atomic mass is 35.5. The Hall–Kier alpha value is -11.2. The summed E-state index contributed by atoms with van der Waals surface area (Å²) in [5.41, 5.74) is 0.175. The van der Waals surface area contributed by atoms with Gasteiger partial charge in [-0.25, -0.2) is 19.6 Å². The van der Waals surface area contributed by atoms with E-state index in [4.69, 9.17) is 33.5 Å². The summed E-state index contributed by atoms with van der Waals surface area (Å²) in [6.07, 6.45) is -1.25. The number of aliphatic hydroxyl groups excluding tert-OH is 2. The minimum Gasteiger partial charge on any atom is -0.497 e. The molecule has 2 saturated heterocycles. The number of carboxylic acid groups (broad SMARTS) is 1. The lowest BCUT2D eigenvalue weighted by Crippen LogP contribution is -2.38. The maximum absolute atomic E-state index is 13.0. The number of aliphatic imine (C=N–C) groups is 2. The number of carbonyl (C=O) groups excluding carboxylic acids is 5. The smallest absolute Gasteiger partial charge is 0.330 e. The molecule has 7 aromatic rings. The predicted octanol–water partition coefficient (Wildman–Crippen LogP) is 5.72. The summed E-state index contributed by atoms with van der Waals surface area (Å²) < 4.78 is 37.3. The van der Waals surface area contributed by atoms with E-state index in [1.807, 2.05) is 146 Å². The summed E-state index contributed by atoms with van der Waals surface area (Å²) in [7, 11) is 7.32. The Morgan fingerprint density at radius 1 is 0.630 bits per heavy atom. The monoisotopic (exact) mass is 1510 g/mol. The minimum absolute atomic E-state index is 0. The normalized spacial score (nSPS) is 15.9. The largest absolute Gasteiger partial charge is 0.497 e. The van der Waals surface area contributed by atoms with Crippen LogP contribution in [-0.2, 0) is 66.2 Å². The van der Waals surface area contributed by atoms with Crippen LogP contribution in [0, 0.1) is 23.7 Å². The molecule has 29 heteroatoms. The van der Waals surface area contributed by atoms with Crippen molar-refractivity contribution in [3.8, 4) is 35.2 Å². The second kappa shape index (κ2) is 46.0. The van der Waals surface area contributed by atoms with E-state index >= 15 is 0 Å². The van der Waals surface area contributed by atoms with Crippen molar-refractivity contribution in [2.24, 2.45) is 9.98 Å². The number of H-pyrrole nitrogens is 2. The van der Waals surface area contributed by atoms with E-state index in [1.54, 1.807) is 14.2 Å². The van der Waals surface area contributed by atoms with Crippen molar-refractivity contribution < 1.29 is 72.5 Å². The Morgan fingerprint density at radius 3 is 1.52 bits per heavy atom. The number of aliphatic carboxylic acids is 1. The van der Waals surface area contributed by atoms with Crippen molar-refractivity contribution in [3.63, 3.8) is 0 Å². The highest BCUT2D eigenvalue weighted by Crippen LogP contribution is 2.43. The van der Waals surface area contributed by atoms with Gasteiger partial charge in [-0.1, -0.05) is 139 Å². The van der Waals surface area contributed by atoms with Crippen LogP contribution in [0.5, 0.6) is 11.5 Å². The number of hydrogen-bond donors (Lipinski definition) is 7. The Morgan fingerprint density at radius 2 is 1.08 bits per heavy atom. The number of benzene rings is 5. The zero-order valence-corrected chi connectivity index (χ0v) is 62.0. The van der Waals surface area contributed by atoms with Gasteiger partial charge in [0.1, 0.15) is 70.6 Å². The van der Waals surface area contributed by atoms with Gasteiger partial charge < -0.3 is 68.9 Å². The van der Waals surface area contributed by atoms with Crippen molar-refractivity contribution in [2.75, 3.05) is 74.3 Å². The van der Waals surface area contributed by atoms with Crippen LogP contribution < -0.4 is 42.6 Å². The maximum atomic E-state index is 13.0. The first kappa shape index (κ1) is 87.5. The van der Waals surface area contributed by atoms with Gasteiger partial charge >= 0.3 is 23.3 Å². The molecule has 2 aliphatic heterocycles. The average Bonchev–Trinajstić information content (AvgIpc) is 0.773. The third kappa shape index (κ3) is 28.6. The summed E-state index contributed by atoms with van der Waals surface area (Å²) in [5, 5.41) is 34.2. The molecule has 5 aromatic carbocycles. The van der Waals surface area contributed by atoms with E-state index in [9.17, 15) is 58.2 Å². The fourth-order valence-corrected chi connectivity index (χ4v) is 10.7. The van der Waals surface area contributed by atoms with Gasteiger partial charge in [0.15, 0.2) is 0 Å². The fourth-order valence-electron chi connectivity index (χ4n) is 10.7. The van der Waals surface area contributed by atoms with Gasteiger partial charge in [-0.2, -0.15) is 0 Å². The molecule has 0 bridgehead atoms. The van der Waals surface area contributed by atoms with E-state index in [2.05, 4.69) is 79.3 Å². The fraction of sp³-hybridized carbons (Fsp3) is 0.380. The number of aromatic amines is 2. The van der Waals surface area contributed by atoms with Crippen molar-refractivity contribution in [2.45, 2.75) is 121 Å². The van der Waals surface area contributed by atoms with Crippen molar-refractivity contribution in [1.29, 1.82) is 0 Å². The third-order valence-corrected chi connectivity index (χ3v) is 16.2. The highest BCUT2D eigenvalue weighted by Gasteiger charge is 2.43. The molecule has 2 aromatic heterocycles. The number of hydrogen-bond acceptors (Lipinski definition) is 21. The first-order valence-electron chi connectivity index (χ1n) is 34.5. The van der Waals surface area contributed by atoms with Gasteiger partial charge in [-0.05, 0) is 99.9 Å². The standard InChI is InChI=1S/C41H39N3O8.C25H27N3O8.C8H17N3.C5H8O3.ClH/c1-49-33-19-15-31(16-20-33)41(30-13-7-4-8-14-30,32-17-21-34(50-2)22-18-32)51-27-36-35(45)25-38(52-36)44-26-29(39(47)43-40(44)48)12-9-23-42-37(46)24-28-10-5-3-6-11-28;1-16(30)9-10-23(32)36-19-13-22(35-20(19)15-29)28-14-18(24(33)27-25(28)34)8-5-11-26-21(31)12-17-6-3-2-4-7-17;1-4-9-8-10-6-5-7-11(2)3;1-4(6)2-3-5(7)8;/h3-8,10-11,13-22,26,35-36,38,45H,23-25,27H2,1-2H3,(H,42,46)(H,43,47,48);2-4,6-7,14,19-20,22,29H,9-13,15H2,1H3,(H,26,31)(H,27,33,34);4-7H2,1-3H3;2-3H2,1H3,(H,7,8);1H/t35-,36-,38-;19-,20-,22-;;;/m11.../s1. The van der Waals surface area contributed by atoms with Crippen LogP contribution in [0.15, 0.2) is 181 Å². The maximum Gasteiger partial charge on any atom is 0.330 e. The number of halogens is 1. The van der Waals surface area contributed by atoms with Gasteiger partial charge in [-0.15, -0.1) is 12.4 Å². The lowest BCUT2D eigenvalue weighted by molar-refractivity contribution is -0.154. The van der Waals surface area contributed by atoms with Crippen LogP contribution in [0.2, 0.25) is 0 Å². The number of Topliss-reactive ketones (excluding diaryl/α,β-unsaturated/α-hetero) is 2. The second-order valence-electron chi connectivity index (χ2n) is 24.6. The molecule has 7 N–H and O–H groups in total. The molecule has 0 spiro atoms. The van der Waals surface area contributed by atoms with E-state index in [-0.39, 0.29) is 118 Å². The lowest BCUT2D eigenvalue weighted by atomic mass is 9.80. The van der Waals surface area contributed by atoms with E-state index in [0.29, 0.717) is 11.5 Å². The number of nitrogens with zero attached hydrogens (tertiary/aromatic N) is 5. The van der Waals surface area contributed by atoms with Gasteiger partial charge in [0.05, 0.1) is 84.9 Å². The van der Waals surface area contributed by atoms with Gasteiger partial charge in [0.25, 0.3) is 11.1 Å². The molecule has 2 fully saturated rings. The number of methoxy groups -OCH3 is 2. The number of carbonyl (C=O) groups is 6. The SMILES string of the molecule is CC(=O)CCC(=O)O.CC(=O)CCC(=O)O[C@@H]1C[C@H](n2cc(C#CCNC(=O)Cc3ccccc3)c(=O)[nH]c2=O)O[C@@H]1CO.CCN=C=NCCCN(C)C.COc1ccc(C(OC[C@H]2O[C@@H](n3cc(C#CCNC(=O)Cc4ccccc4)c(=O)[nH]c3=O)C[C@H]2O)(c2ccccc2)c2ccc(OC)cc2)cc1.Cl. The molecular formula is C79H92ClN9O19. The topological polar surface area (TPSA) is 380 Å². The molecule has 9 rings (SSSR count). The van der Waals surface area contributed by atoms with Gasteiger partial charge in [-0.3, -0.25) is 47.9 Å². The average molecular weight is 1510 g/mol. The number of esters is 1. The first-order valence-corrected chi connectivity index (χ1v) is 34.5. The molecule has 28 nitrogen and oxygen atoms in total. The van der Waals surface area contributed by atoms with Crippen LogP contribution in [0.1, 0.15) is 117 Å². The second-order valence-corrected chi connectivity index (χ2v) is 24.6. The number of ketones is 2. The molecular weight excluding hydrogens is 1410 g/mol. The summed E-state index contributed by atoms with van der Waals surface area (Å²) >= 11 is 0. The first-order chi connectivity index (χ1) is 51.5. The third-order valence-electron chi connectivity index (χ3n) is 16.2. The van der Waals surface area contributed by atoms with Crippen LogP contribution >= 0.6 is 12.4 Å². The van der Waals surface area contributed by atoms with Crippen molar-refractivity contribution in [1.82, 2.24) is 34.6 Å². The zero-order valence-electron chi connectivity index (χ0n) is 61.2. The molecule has 574 valence electrons. The molecule has 0 unspecified atom stereocenters. The summed E-state index contributed by atoms with van der Waals surface area (Å²) in [6, 6.07) is 46.0. The number of aromatic nitrogens is 4. The quantitative estimate of drug-likeness (QED) is 0.00968. The summed E-state index contributed by atoms with van der Waals surface area (Å²) in [5.74, 6) is 9.96. The number of amides is 2. The van der Waals surface area contributed by atoms with Gasteiger partial charge in [0, 0.05) is 44.6 Å². The lowest BCUT2D eigenvalue weighted by Gasteiger charge is -2.37. The molecule has 4 heterocycles. The Labute approximate surface area is 631 Å². The van der Waals surface area contributed by atoms with Crippen LogP contribution in [0.4, 0.5) is 0 Å². The van der Waals surface area contributed by atoms with Gasteiger partial charge in [0.2, 0.25) is 11.8 Å². The summed E-state index contributed by atoms with van der Waals surface area (Å²) in [6.45, 7) is 6.89. The Balaban J connectivity index is 0.000000321. The number of nitrogens with one attached hydrogen (secondary N) is 4. The van der Waals surface area contributed by atoms with E-state index in [0.717, 1.165) is 58.4 Å². The molecule has 108 heavy (non-hydrogen) atoms. The Kier molecular flexibility index (Phi) is 37.3. The summed E-state index contributed by atoms with van der Waals surface area (Å²) in [4.78, 5) is 132. The van der Waals surface area contributed by atoms with Crippen LogP contribution in [0.3, 0.4) is 0 Å². The molecule has 2 aliphatic rings. The zero-order chi connectivity index (χ0) is 77.7. The Bertz CT molecular complexity index is 4440. The van der Waals surface area contributed by atoms with Crippen LogP contribution in [-0.4, -0.2) is 179 Å². The highest BCUT2D eigenvalue weighted by molar-refractivity contribution is 5.85. The van der Waals surface area contributed by atoms with Crippen LogP contribution in [0.25, 0.3) is 0 Å². The van der Waals surface area contributed by atoms with E-state index in [1.165, 1.54) is 30.8 Å². The molecule has 0 aliphatic carbocycles. The number of carboxylic acids is 1. The molecule has 0 saturated carbocycles. The van der Waals surface area contributed by atoms with Crippen molar-refractivity contribution >= 4 is 53.7 Å². The molecule has 6 atom stereocenters. The number of aliphatic hydroxyl groups is 2. The number of rotatable bonds is 29. The molecule has 2 amide bonds. The number of ether oxygens (including phenoxy) is 6. The van der Waals surface area contributed by atoms with E-state index < -0.39 is 83.5 Å². The predicted molar refractivity (Wildman–Crippen MR) is 404 cm³/mol. The minimum atomic E-state index is -1.14. The van der Waals surface area contributed by atoms with Crippen molar-refractivity contribution in [3.05, 3.63) is 233 Å². The molecule has 0 radical (unpaired) electrons.